The van der Waals surface area contributed by atoms with E-state index in [1.807, 2.05) is 24.3 Å². The molecule has 15 heavy (non-hydrogen) atoms. The summed E-state index contributed by atoms with van der Waals surface area (Å²) in [4.78, 5) is 10.8. The van der Waals surface area contributed by atoms with Crippen molar-refractivity contribution in [3.8, 4) is 0 Å². The lowest BCUT2D eigenvalue weighted by Crippen LogP contribution is -2.07. The Morgan fingerprint density at radius 2 is 1.73 bits per heavy atom. The van der Waals surface area contributed by atoms with E-state index in [1.54, 1.807) is 6.92 Å². The first-order chi connectivity index (χ1) is 7.00. The monoisotopic (exact) mass is 205 g/mol. The van der Waals surface area contributed by atoms with E-state index in [0.717, 1.165) is 12.0 Å². The van der Waals surface area contributed by atoms with Gasteiger partial charge in [-0.1, -0.05) is 38.1 Å². The molecule has 1 atom stereocenters. The molecular weight excluding hydrogens is 187 g/mol. The molecule has 1 unspecified atom stereocenters. The summed E-state index contributed by atoms with van der Waals surface area (Å²) >= 11 is 0. The lowest BCUT2D eigenvalue weighted by Gasteiger charge is -2.09. The van der Waals surface area contributed by atoms with Crippen molar-refractivity contribution in [2.75, 3.05) is 0 Å². The lowest BCUT2D eigenvalue weighted by molar-refractivity contribution is -0.138. The molecule has 0 aliphatic carbocycles. The number of benzene rings is 1. The summed E-state index contributed by atoms with van der Waals surface area (Å²) in [5.74, 6) is -0.558. The lowest BCUT2D eigenvalue weighted by atomic mass is 9.86. The first kappa shape index (κ1) is 11.8. The maximum atomic E-state index is 10.8. The SMILES string of the molecule is CC(C)Cc1ccc(C([11CH3])C(=O)O)cc1. The van der Waals surface area contributed by atoms with E-state index in [-0.39, 0.29) is 0 Å². The van der Waals surface area contributed by atoms with Gasteiger partial charge in [-0.3, -0.25) is 4.79 Å². The van der Waals surface area contributed by atoms with E-state index in [2.05, 4.69) is 13.8 Å². The molecule has 1 aromatic rings. The van der Waals surface area contributed by atoms with Crippen LogP contribution in [0.1, 0.15) is 37.8 Å². The minimum atomic E-state index is -0.772. The van der Waals surface area contributed by atoms with E-state index < -0.39 is 11.9 Å². The van der Waals surface area contributed by atoms with E-state index in [0.29, 0.717) is 5.92 Å². The van der Waals surface area contributed by atoms with Crippen LogP contribution in [0.4, 0.5) is 0 Å². The van der Waals surface area contributed by atoms with Gasteiger partial charge in [0, 0.05) is 0 Å². The van der Waals surface area contributed by atoms with Crippen molar-refractivity contribution < 1.29 is 9.90 Å². The molecule has 2 nitrogen and oxygen atoms in total. The molecule has 2 heteroatoms. The Morgan fingerprint density at radius 3 is 2.13 bits per heavy atom. The molecule has 0 aromatic heterocycles. The molecule has 82 valence electrons. The largest absolute Gasteiger partial charge is 0.481 e. The van der Waals surface area contributed by atoms with Crippen LogP contribution in [0.3, 0.4) is 0 Å². The fourth-order valence-electron chi connectivity index (χ4n) is 1.56. The third kappa shape index (κ3) is 3.39. The number of carbonyl (C=O) groups is 1. The number of hydrogen-bond acceptors (Lipinski definition) is 1. The van der Waals surface area contributed by atoms with Gasteiger partial charge in [-0.25, -0.2) is 0 Å². The zero-order chi connectivity index (χ0) is 11.4. The highest BCUT2D eigenvalue weighted by molar-refractivity contribution is 5.75. The average Bonchev–Trinajstić information content (AvgIpc) is 2.17. The van der Waals surface area contributed by atoms with Crippen molar-refractivity contribution in [1.29, 1.82) is 0 Å². The van der Waals surface area contributed by atoms with Crippen molar-refractivity contribution in [3.05, 3.63) is 35.4 Å². The number of carboxylic acid groups (broad SMARTS) is 1. The smallest absolute Gasteiger partial charge is 0.310 e. The topological polar surface area (TPSA) is 37.3 Å². The van der Waals surface area contributed by atoms with Gasteiger partial charge in [0.2, 0.25) is 0 Å². The van der Waals surface area contributed by atoms with Gasteiger partial charge in [-0.05, 0) is 30.4 Å². The molecule has 0 amide bonds. The molecule has 0 saturated heterocycles. The molecule has 0 fully saturated rings. The van der Waals surface area contributed by atoms with Gasteiger partial charge in [0.1, 0.15) is 0 Å². The van der Waals surface area contributed by atoms with Crippen molar-refractivity contribution in [3.63, 3.8) is 0 Å². The van der Waals surface area contributed by atoms with Crippen LogP contribution in [0.5, 0.6) is 0 Å². The highest BCUT2D eigenvalue weighted by atomic mass is 16.4. The Kier molecular flexibility index (Phi) is 3.89. The summed E-state index contributed by atoms with van der Waals surface area (Å²) in [6.07, 6.45) is 1.04. The van der Waals surface area contributed by atoms with Crippen LogP contribution in [0.15, 0.2) is 24.3 Å². The van der Waals surface area contributed by atoms with Crippen molar-refractivity contribution >= 4 is 5.97 Å². The van der Waals surface area contributed by atoms with Crippen LogP contribution in [-0.2, 0) is 11.2 Å². The van der Waals surface area contributed by atoms with Crippen LogP contribution in [-0.4, -0.2) is 11.1 Å². The molecule has 0 aliphatic heterocycles. The fraction of sp³-hybridized carbons (Fsp3) is 0.462. The van der Waals surface area contributed by atoms with Gasteiger partial charge in [-0.2, -0.15) is 0 Å². The molecule has 0 radical (unpaired) electrons. The Balaban J connectivity index is 2.76. The Morgan fingerprint density at radius 1 is 1.20 bits per heavy atom. The molecular formula is C13H18O2. The molecule has 1 aromatic carbocycles. The zero-order valence-corrected chi connectivity index (χ0v) is 9.53. The van der Waals surface area contributed by atoms with E-state index >= 15 is 0 Å². The summed E-state index contributed by atoms with van der Waals surface area (Å²) in [6, 6.07) is 7.87. The zero-order valence-electron chi connectivity index (χ0n) is 9.53. The van der Waals surface area contributed by atoms with Gasteiger partial charge in [0.05, 0.1) is 5.92 Å². The van der Waals surface area contributed by atoms with Crippen LogP contribution in [0, 0.1) is 5.92 Å². The number of carboxylic acids is 1. The third-order valence-electron chi connectivity index (χ3n) is 2.49. The Labute approximate surface area is 90.9 Å². The molecule has 0 heterocycles. The molecule has 1 N–H and O–H groups in total. The summed E-state index contributed by atoms with van der Waals surface area (Å²) in [5, 5.41) is 8.85. The Bertz CT molecular complexity index is 325. The minimum Gasteiger partial charge on any atom is -0.481 e. The van der Waals surface area contributed by atoms with Gasteiger partial charge in [0.25, 0.3) is 0 Å². The van der Waals surface area contributed by atoms with E-state index in [9.17, 15) is 4.79 Å². The summed E-state index contributed by atoms with van der Waals surface area (Å²) in [6.45, 7) is 6.06. The molecule has 1 rings (SSSR count). The second-order valence-electron chi connectivity index (χ2n) is 4.40. The third-order valence-corrected chi connectivity index (χ3v) is 2.49. The molecule has 0 spiro atoms. The van der Waals surface area contributed by atoms with Gasteiger partial charge in [0.15, 0.2) is 0 Å². The number of aliphatic carboxylic acids is 1. The van der Waals surface area contributed by atoms with Crippen LogP contribution >= 0.6 is 0 Å². The second kappa shape index (κ2) is 4.96. The number of rotatable bonds is 4. The predicted octanol–water partition coefficient (Wildman–Crippen LogP) is 3.07. The number of hydrogen-bond donors (Lipinski definition) is 1. The van der Waals surface area contributed by atoms with Crippen molar-refractivity contribution in [2.24, 2.45) is 5.92 Å². The van der Waals surface area contributed by atoms with E-state index in [4.69, 9.17) is 5.11 Å². The van der Waals surface area contributed by atoms with Crippen LogP contribution < -0.4 is 0 Å². The molecule has 0 saturated carbocycles. The van der Waals surface area contributed by atoms with Gasteiger partial charge < -0.3 is 5.11 Å². The van der Waals surface area contributed by atoms with E-state index in [1.165, 1.54) is 5.56 Å². The standard InChI is InChI=1S/C13H18O2/c1-9(2)8-11-4-6-12(7-5-11)10(3)13(14)15/h4-7,9-10H,8H2,1-3H3,(H,14,15)/i3-1. The van der Waals surface area contributed by atoms with Crippen LogP contribution in [0.25, 0.3) is 0 Å². The van der Waals surface area contributed by atoms with Crippen molar-refractivity contribution in [1.82, 2.24) is 0 Å². The first-order valence-corrected chi connectivity index (χ1v) is 5.32. The first-order valence-electron chi connectivity index (χ1n) is 5.32. The maximum Gasteiger partial charge on any atom is 0.310 e. The maximum absolute atomic E-state index is 10.8. The van der Waals surface area contributed by atoms with Crippen molar-refractivity contribution in [2.45, 2.75) is 33.1 Å². The summed E-state index contributed by atoms with van der Waals surface area (Å²) in [7, 11) is 0. The highest BCUT2D eigenvalue weighted by Gasteiger charge is 2.12. The second-order valence-corrected chi connectivity index (χ2v) is 4.40. The summed E-state index contributed by atoms with van der Waals surface area (Å²) in [5.41, 5.74) is 2.14. The quantitative estimate of drug-likeness (QED) is 0.820. The molecule has 0 aliphatic rings. The highest BCUT2D eigenvalue weighted by Crippen LogP contribution is 2.17. The average molecular weight is 205 g/mol. The Hall–Kier alpha value is -1.31. The predicted molar refractivity (Wildman–Crippen MR) is 61.0 cm³/mol. The summed E-state index contributed by atoms with van der Waals surface area (Å²) < 4.78 is 0. The molecule has 0 bridgehead atoms. The van der Waals surface area contributed by atoms with Crippen LogP contribution in [0.2, 0.25) is 0 Å². The van der Waals surface area contributed by atoms with Gasteiger partial charge >= 0.3 is 5.97 Å². The fourth-order valence-corrected chi connectivity index (χ4v) is 1.56. The van der Waals surface area contributed by atoms with Gasteiger partial charge in [-0.15, -0.1) is 0 Å². The minimum absolute atomic E-state index is 0.418. The normalized spacial score (nSPS) is 12.8.